The lowest BCUT2D eigenvalue weighted by molar-refractivity contribution is 0.112. The van der Waals surface area contributed by atoms with Gasteiger partial charge in [-0.05, 0) is 91.9 Å². The molecule has 3 aliphatic carbocycles. The maximum absolute atomic E-state index is 10.0. The number of rotatable bonds is 5. The minimum Gasteiger partial charge on any atom is -0.393 e. The van der Waals surface area contributed by atoms with Crippen molar-refractivity contribution < 1.29 is 5.11 Å². The Morgan fingerprint density at radius 2 is 1.79 bits per heavy atom. The zero-order valence-electron chi connectivity index (χ0n) is 19.6. The molecule has 0 aromatic heterocycles. The van der Waals surface area contributed by atoms with Gasteiger partial charge in [0.1, 0.15) is 0 Å². The molecular weight excluding hydrogens is 352 g/mol. The lowest BCUT2D eigenvalue weighted by Crippen LogP contribution is -2.35. The largest absolute Gasteiger partial charge is 0.393 e. The van der Waals surface area contributed by atoms with Gasteiger partial charge in [-0.1, -0.05) is 76.6 Å². The van der Waals surface area contributed by atoms with Gasteiger partial charge in [-0.15, -0.1) is 0 Å². The second-order valence-electron chi connectivity index (χ2n) is 10.9. The molecular formula is C28H44O. The molecule has 1 heteroatoms. The van der Waals surface area contributed by atoms with E-state index in [2.05, 4.69) is 65.5 Å². The van der Waals surface area contributed by atoms with E-state index in [9.17, 15) is 5.11 Å². The predicted octanol–water partition coefficient (Wildman–Crippen LogP) is 7.64. The van der Waals surface area contributed by atoms with Gasteiger partial charge in [0.15, 0.2) is 0 Å². The van der Waals surface area contributed by atoms with Crippen LogP contribution < -0.4 is 0 Å². The van der Waals surface area contributed by atoms with Crippen molar-refractivity contribution in [1.29, 1.82) is 0 Å². The highest BCUT2D eigenvalue weighted by molar-refractivity contribution is 5.36. The Morgan fingerprint density at radius 3 is 2.52 bits per heavy atom. The second kappa shape index (κ2) is 9.38. The molecule has 3 aliphatic rings. The van der Waals surface area contributed by atoms with Crippen molar-refractivity contribution in [1.82, 2.24) is 0 Å². The van der Waals surface area contributed by atoms with Crippen LogP contribution in [0.2, 0.25) is 0 Å². The standard InChI is InChI=1S/C28H44O/c1-19(2)20(3)9-10-22(5)26-15-16-27-23(8-7-17-28(26,27)6)12-13-24-18-25(29)14-11-21(24)4/h9-10,12-13,19-20,22,25-27,29H,4,7-8,11,14-18H2,1-3,5-6H3/b10-9+,23-12-,24-13-/t20-,22-,25+,26+,27-,28-/m0/s1. The van der Waals surface area contributed by atoms with Crippen LogP contribution in [0, 0.1) is 35.0 Å². The average Bonchev–Trinajstić information content (AvgIpc) is 3.04. The highest BCUT2D eigenvalue weighted by atomic mass is 16.3. The molecule has 0 spiro atoms. The summed E-state index contributed by atoms with van der Waals surface area (Å²) in [4.78, 5) is 0. The van der Waals surface area contributed by atoms with Gasteiger partial charge in [0.25, 0.3) is 0 Å². The lowest BCUT2D eigenvalue weighted by Gasteiger charge is -2.44. The number of aliphatic hydroxyl groups is 1. The summed E-state index contributed by atoms with van der Waals surface area (Å²) in [7, 11) is 0. The average molecular weight is 397 g/mol. The smallest absolute Gasteiger partial charge is 0.0583 e. The summed E-state index contributed by atoms with van der Waals surface area (Å²) in [6, 6.07) is 0. The van der Waals surface area contributed by atoms with E-state index >= 15 is 0 Å². The minimum atomic E-state index is -0.182. The van der Waals surface area contributed by atoms with Crippen LogP contribution in [-0.2, 0) is 0 Å². The molecule has 0 aromatic carbocycles. The third-order valence-corrected chi connectivity index (χ3v) is 8.63. The van der Waals surface area contributed by atoms with Crippen molar-refractivity contribution in [3.05, 3.63) is 47.6 Å². The zero-order chi connectivity index (χ0) is 21.2. The maximum Gasteiger partial charge on any atom is 0.0583 e. The first kappa shape index (κ1) is 22.6. The molecule has 1 N–H and O–H groups in total. The Kier molecular flexibility index (Phi) is 7.31. The Hall–Kier alpha value is -1.08. The summed E-state index contributed by atoms with van der Waals surface area (Å²) in [6.45, 7) is 16.3. The summed E-state index contributed by atoms with van der Waals surface area (Å²) in [5.41, 5.74) is 4.61. The Morgan fingerprint density at radius 1 is 1.03 bits per heavy atom. The van der Waals surface area contributed by atoms with Crippen LogP contribution in [0.5, 0.6) is 0 Å². The molecule has 29 heavy (non-hydrogen) atoms. The van der Waals surface area contributed by atoms with E-state index in [4.69, 9.17) is 0 Å². The Labute approximate surface area is 180 Å². The second-order valence-corrected chi connectivity index (χ2v) is 10.9. The predicted molar refractivity (Wildman–Crippen MR) is 126 cm³/mol. The third kappa shape index (κ3) is 4.98. The molecule has 0 unspecified atom stereocenters. The van der Waals surface area contributed by atoms with Gasteiger partial charge >= 0.3 is 0 Å². The molecule has 162 valence electrons. The van der Waals surface area contributed by atoms with Crippen LogP contribution in [0.3, 0.4) is 0 Å². The van der Waals surface area contributed by atoms with Crippen molar-refractivity contribution in [2.45, 2.75) is 92.1 Å². The maximum atomic E-state index is 10.0. The van der Waals surface area contributed by atoms with Gasteiger partial charge in [-0.2, -0.15) is 0 Å². The first-order valence-electron chi connectivity index (χ1n) is 12.2. The number of hydrogen-bond donors (Lipinski definition) is 1. The monoisotopic (exact) mass is 396 g/mol. The molecule has 0 aliphatic heterocycles. The van der Waals surface area contributed by atoms with Crippen LogP contribution in [0.15, 0.2) is 47.6 Å². The molecule has 0 aromatic rings. The van der Waals surface area contributed by atoms with Crippen molar-refractivity contribution in [2.24, 2.45) is 35.0 Å². The quantitative estimate of drug-likeness (QED) is 0.473. The fourth-order valence-electron chi connectivity index (χ4n) is 6.25. The van der Waals surface area contributed by atoms with Crippen LogP contribution in [0.25, 0.3) is 0 Å². The number of allylic oxidation sites excluding steroid dienone is 6. The number of aliphatic hydroxyl groups excluding tert-OH is 1. The summed E-state index contributed by atoms with van der Waals surface area (Å²) in [5, 5.41) is 10.0. The molecule has 0 heterocycles. The van der Waals surface area contributed by atoms with Crippen molar-refractivity contribution in [2.75, 3.05) is 0 Å². The minimum absolute atomic E-state index is 0.182. The van der Waals surface area contributed by atoms with Gasteiger partial charge in [0.05, 0.1) is 6.10 Å². The van der Waals surface area contributed by atoms with Crippen molar-refractivity contribution in [3.8, 4) is 0 Å². The van der Waals surface area contributed by atoms with Crippen LogP contribution in [0.4, 0.5) is 0 Å². The first-order chi connectivity index (χ1) is 13.7. The summed E-state index contributed by atoms with van der Waals surface area (Å²) in [6.07, 6.45) is 18.8. The molecule has 0 amide bonds. The highest BCUT2D eigenvalue weighted by Gasteiger charge is 2.50. The molecule has 3 fully saturated rings. The van der Waals surface area contributed by atoms with Crippen molar-refractivity contribution >= 4 is 0 Å². The Bertz CT molecular complexity index is 678. The van der Waals surface area contributed by atoms with Crippen LogP contribution >= 0.6 is 0 Å². The van der Waals surface area contributed by atoms with Gasteiger partial charge < -0.3 is 5.11 Å². The normalized spacial score (nSPS) is 38.2. The van der Waals surface area contributed by atoms with E-state index in [1.165, 1.54) is 43.3 Å². The third-order valence-electron chi connectivity index (χ3n) is 8.63. The number of hydrogen-bond acceptors (Lipinski definition) is 1. The SMILES string of the molecule is C=C1CC[C@@H](O)C/C1=C/C=C1/CCC[C@@]2(C)[C@@H]([C@@H](C)/C=C/[C@H](C)C(C)C)CC[C@@H]12. The zero-order valence-corrected chi connectivity index (χ0v) is 19.6. The molecule has 0 bridgehead atoms. The molecule has 0 saturated heterocycles. The van der Waals surface area contributed by atoms with Gasteiger partial charge in [-0.3, -0.25) is 0 Å². The first-order valence-corrected chi connectivity index (χ1v) is 12.2. The fourth-order valence-corrected chi connectivity index (χ4v) is 6.25. The van der Waals surface area contributed by atoms with E-state index in [0.717, 1.165) is 37.0 Å². The van der Waals surface area contributed by atoms with E-state index < -0.39 is 0 Å². The van der Waals surface area contributed by atoms with Gasteiger partial charge in [0.2, 0.25) is 0 Å². The van der Waals surface area contributed by atoms with E-state index in [1.54, 1.807) is 5.57 Å². The van der Waals surface area contributed by atoms with Gasteiger partial charge in [-0.25, -0.2) is 0 Å². The summed E-state index contributed by atoms with van der Waals surface area (Å²) in [5.74, 6) is 3.58. The molecule has 3 rings (SSSR count). The van der Waals surface area contributed by atoms with Gasteiger partial charge in [0, 0.05) is 0 Å². The topological polar surface area (TPSA) is 20.2 Å². The molecule has 0 radical (unpaired) electrons. The van der Waals surface area contributed by atoms with Crippen LogP contribution in [0.1, 0.15) is 86.0 Å². The lowest BCUT2D eigenvalue weighted by atomic mass is 9.61. The molecule has 1 nitrogen and oxygen atoms in total. The fraction of sp³-hybridized carbons (Fsp3) is 0.714. The van der Waals surface area contributed by atoms with Crippen molar-refractivity contribution in [3.63, 3.8) is 0 Å². The summed E-state index contributed by atoms with van der Waals surface area (Å²) >= 11 is 0. The van der Waals surface area contributed by atoms with E-state index in [0.29, 0.717) is 17.3 Å². The van der Waals surface area contributed by atoms with Crippen LogP contribution in [-0.4, -0.2) is 11.2 Å². The molecule has 3 saturated carbocycles. The number of fused-ring (bicyclic) bond motifs is 1. The molecule has 6 atom stereocenters. The van der Waals surface area contributed by atoms with E-state index in [1.807, 2.05) is 0 Å². The van der Waals surface area contributed by atoms with E-state index in [-0.39, 0.29) is 6.10 Å². The summed E-state index contributed by atoms with van der Waals surface area (Å²) < 4.78 is 0. The Balaban J connectivity index is 1.75. The highest BCUT2D eigenvalue weighted by Crippen LogP contribution is 2.59.